The summed E-state index contributed by atoms with van der Waals surface area (Å²) in [6.07, 6.45) is 1.80. The van der Waals surface area contributed by atoms with Crippen molar-refractivity contribution in [3.05, 3.63) is 0 Å². The molecule has 0 saturated heterocycles. The molecule has 0 aliphatic rings. The van der Waals surface area contributed by atoms with Crippen LogP contribution in [0.15, 0.2) is 0 Å². The van der Waals surface area contributed by atoms with Gasteiger partial charge in [-0.2, -0.15) is 0 Å². The van der Waals surface area contributed by atoms with Crippen LogP contribution in [0.25, 0.3) is 0 Å². The molecular weight excluding hydrogens is 118 g/mol. The first-order valence-corrected chi connectivity index (χ1v) is 3.11. The number of aliphatic hydroxyl groups excluding tert-OH is 1. The lowest BCUT2D eigenvalue weighted by Gasteiger charge is -1.85. The van der Waals surface area contributed by atoms with Crippen LogP contribution in [0.5, 0.6) is 0 Å². The molecule has 0 fully saturated rings. The molecule has 0 aromatic rings. The molecule has 9 heavy (non-hydrogen) atoms. The molecule has 56 valence electrons. The van der Waals surface area contributed by atoms with Gasteiger partial charge in [-0.05, 0) is 0 Å². The largest absolute Gasteiger partial charge is 0.395 e. The van der Waals surface area contributed by atoms with E-state index in [0.29, 0.717) is 13.0 Å². The Kier molecular flexibility index (Phi) is 19.6. The summed E-state index contributed by atoms with van der Waals surface area (Å²) in [6.45, 7) is 4.61. The summed E-state index contributed by atoms with van der Waals surface area (Å²) in [5.74, 6) is 0. The molecule has 3 heteroatoms. The Morgan fingerprint density at radius 1 is 1.56 bits per heavy atom. The molecule has 0 radical (unpaired) electrons. The van der Waals surface area contributed by atoms with E-state index in [1.807, 2.05) is 0 Å². The predicted octanol–water partition coefficient (Wildman–Crippen LogP) is 0.141. The molecule has 1 amide bonds. The summed E-state index contributed by atoms with van der Waals surface area (Å²) in [7, 11) is 0. The number of amides is 1. The molecule has 0 saturated carbocycles. The molecule has 3 nitrogen and oxygen atoms in total. The first-order valence-electron chi connectivity index (χ1n) is 3.11. The zero-order valence-electron chi connectivity index (χ0n) is 6.05. The minimum absolute atomic E-state index is 0.0126. The topological polar surface area (TPSA) is 49.3 Å². The van der Waals surface area contributed by atoms with Crippen molar-refractivity contribution in [1.29, 1.82) is 0 Å². The molecule has 0 bridgehead atoms. The van der Waals surface area contributed by atoms with Crippen LogP contribution < -0.4 is 5.32 Å². The number of carbonyl (C=O) groups excluding carboxylic acids is 1. The van der Waals surface area contributed by atoms with Gasteiger partial charge >= 0.3 is 0 Å². The average molecular weight is 133 g/mol. The highest BCUT2D eigenvalue weighted by Crippen LogP contribution is 1.56. The van der Waals surface area contributed by atoms with E-state index < -0.39 is 0 Å². The van der Waals surface area contributed by atoms with Crippen LogP contribution in [0.3, 0.4) is 0 Å². The van der Waals surface area contributed by atoms with Gasteiger partial charge < -0.3 is 10.4 Å². The Hall–Kier alpha value is -0.570. The van der Waals surface area contributed by atoms with Crippen molar-refractivity contribution in [3.8, 4) is 0 Å². The van der Waals surface area contributed by atoms with E-state index in [9.17, 15) is 4.79 Å². The number of nitrogens with one attached hydrogen (secondary N) is 1. The van der Waals surface area contributed by atoms with Crippen molar-refractivity contribution < 1.29 is 9.90 Å². The molecule has 0 aliphatic carbocycles. The van der Waals surface area contributed by atoms with Gasteiger partial charge in [-0.1, -0.05) is 20.3 Å². The van der Waals surface area contributed by atoms with E-state index in [4.69, 9.17) is 5.11 Å². The highest BCUT2D eigenvalue weighted by molar-refractivity contribution is 5.45. The SMILES string of the molecule is CCC.O=CNCCO. The van der Waals surface area contributed by atoms with Crippen LogP contribution in [-0.2, 0) is 4.79 Å². The fraction of sp³-hybridized carbons (Fsp3) is 0.833. The molecule has 0 atom stereocenters. The summed E-state index contributed by atoms with van der Waals surface area (Å²) in [5.41, 5.74) is 0. The third kappa shape index (κ3) is 37.1. The monoisotopic (exact) mass is 133 g/mol. The number of aliphatic hydroxyl groups is 1. The van der Waals surface area contributed by atoms with Crippen LogP contribution in [-0.4, -0.2) is 24.7 Å². The maximum absolute atomic E-state index is 9.34. The molecule has 0 rings (SSSR count). The summed E-state index contributed by atoms with van der Waals surface area (Å²) in [4.78, 5) is 9.34. The van der Waals surface area contributed by atoms with Crippen LogP contribution >= 0.6 is 0 Å². The minimum atomic E-state index is 0.0126. The van der Waals surface area contributed by atoms with Gasteiger partial charge in [0.1, 0.15) is 0 Å². The van der Waals surface area contributed by atoms with E-state index in [1.54, 1.807) is 0 Å². The highest BCUT2D eigenvalue weighted by atomic mass is 16.3. The highest BCUT2D eigenvalue weighted by Gasteiger charge is 1.70. The molecule has 0 aliphatic heterocycles. The van der Waals surface area contributed by atoms with Gasteiger partial charge in [0.25, 0.3) is 0 Å². The Morgan fingerprint density at radius 3 is 2.11 bits per heavy atom. The second-order valence-electron chi connectivity index (χ2n) is 1.50. The van der Waals surface area contributed by atoms with Crippen molar-refractivity contribution in [2.24, 2.45) is 0 Å². The van der Waals surface area contributed by atoms with Crippen LogP contribution in [0.2, 0.25) is 0 Å². The minimum Gasteiger partial charge on any atom is -0.395 e. The Morgan fingerprint density at radius 2 is 2.00 bits per heavy atom. The van der Waals surface area contributed by atoms with Crippen LogP contribution in [0.1, 0.15) is 20.3 Å². The lowest BCUT2D eigenvalue weighted by atomic mass is 10.6. The van der Waals surface area contributed by atoms with Crippen molar-refractivity contribution in [2.75, 3.05) is 13.2 Å². The van der Waals surface area contributed by atoms with E-state index in [2.05, 4.69) is 19.2 Å². The lowest BCUT2D eigenvalue weighted by Crippen LogP contribution is -2.14. The first kappa shape index (κ1) is 11.3. The van der Waals surface area contributed by atoms with E-state index in [0.717, 1.165) is 0 Å². The lowest BCUT2D eigenvalue weighted by molar-refractivity contribution is -0.109. The molecule has 0 aromatic heterocycles. The smallest absolute Gasteiger partial charge is 0.207 e. The summed E-state index contributed by atoms with van der Waals surface area (Å²) in [6, 6.07) is 0. The van der Waals surface area contributed by atoms with Crippen LogP contribution in [0.4, 0.5) is 0 Å². The number of hydrogen-bond donors (Lipinski definition) is 2. The second kappa shape index (κ2) is 15.7. The third-order valence-electron chi connectivity index (χ3n) is 0.339. The Labute approximate surface area is 56.1 Å². The van der Waals surface area contributed by atoms with Crippen molar-refractivity contribution >= 4 is 6.41 Å². The zero-order valence-corrected chi connectivity index (χ0v) is 6.05. The fourth-order valence-corrected chi connectivity index (χ4v) is 0.123. The van der Waals surface area contributed by atoms with Gasteiger partial charge in [-0.25, -0.2) is 0 Å². The molecule has 0 spiro atoms. The predicted molar refractivity (Wildman–Crippen MR) is 37.1 cm³/mol. The molecule has 2 N–H and O–H groups in total. The summed E-state index contributed by atoms with van der Waals surface area (Å²) < 4.78 is 0. The molecular formula is C6H15NO2. The third-order valence-corrected chi connectivity index (χ3v) is 0.339. The van der Waals surface area contributed by atoms with Gasteiger partial charge in [0.05, 0.1) is 6.61 Å². The van der Waals surface area contributed by atoms with Crippen molar-refractivity contribution in [1.82, 2.24) is 5.32 Å². The maximum atomic E-state index is 9.34. The standard InChI is InChI=1S/C3H7NO2.C3H8/c5-2-1-4-3-6;1-3-2/h3,5H,1-2H2,(H,4,6);3H2,1-2H3. The maximum Gasteiger partial charge on any atom is 0.207 e. The van der Waals surface area contributed by atoms with Crippen molar-refractivity contribution in [3.63, 3.8) is 0 Å². The van der Waals surface area contributed by atoms with E-state index in [-0.39, 0.29) is 6.61 Å². The average Bonchev–Trinajstić information content (AvgIpc) is 1.86. The molecule has 0 aromatic carbocycles. The Bertz CT molecular complexity index is 48.3. The van der Waals surface area contributed by atoms with Gasteiger partial charge in [0.15, 0.2) is 0 Å². The van der Waals surface area contributed by atoms with E-state index >= 15 is 0 Å². The van der Waals surface area contributed by atoms with Crippen molar-refractivity contribution in [2.45, 2.75) is 20.3 Å². The second-order valence-corrected chi connectivity index (χ2v) is 1.50. The fourth-order valence-electron chi connectivity index (χ4n) is 0.123. The summed E-state index contributed by atoms with van der Waals surface area (Å²) >= 11 is 0. The molecule has 0 unspecified atom stereocenters. The van der Waals surface area contributed by atoms with Gasteiger partial charge in [0.2, 0.25) is 6.41 Å². The first-order chi connectivity index (χ1) is 4.33. The normalized spacial score (nSPS) is 7.00. The number of carbonyl (C=O) groups is 1. The number of rotatable bonds is 3. The quantitative estimate of drug-likeness (QED) is 0.425. The Balaban J connectivity index is 0. The summed E-state index contributed by atoms with van der Waals surface area (Å²) in [5, 5.41) is 10.2. The zero-order chi connectivity index (χ0) is 7.54. The van der Waals surface area contributed by atoms with Gasteiger partial charge in [-0.3, -0.25) is 4.79 Å². The number of hydrogen-bond acceptors (Lipinski definition) is 2. The van der Waals surface area contributed by atoms with Gasteiger partial charge in [-0.15, -0.1) is 0 Å². The van der Waals surface area contributed by atoms with Gasteiger partial charge in [0, 0.05) is 6.54 Å². The van der Waals surface area contributed by atoms with Crippen LogP contribution in [0, 0.1) is 0 Å². The van der Waals surface area contributed by atoms with E-state index in [1.165, 1.54) is 6.42 Å². The molecule has 0 heterocycles.